The number of alkyl halides is 3. The van der Waals surface area contributed by atoms with E-state index in [1.54, 1.807) is 0 Å². The van der Waals surface area contributed by atoms with Gasteiger partial charge in [0, 0.05) is 6.20 Å². The fourth-order valence-corrected chi connectivity index (χ4v) is 1.57. The Morgan fingerprint density at radius 1 is 1.53 bits per heavy atom. The smallest absolute Gasteiger partial charge is 0.398 e. The van der Waals surface area contributed by atoms with Crippen LogP contribution in [0.2, 0.25) is 0 Å². The first-order chi connectivity index (χ1) is 6.90. The summed E-state index contributed by atoms with van der Waals surface area (Å²) in [5, 5.41) is 8.54. The van der Waals surface area contributed by atoms with E-state index in [9.17, 15) is 18.0 Å². The first-order valence-corrected chi connectivity index (χ1v) is 4.76. The van der Waals surface area contributed by atoms with E-state index in [4.69, 9.17) is 5.11 Å². The van der Waals surface area contributed by atoms with Crippen molar-refractivity contribution in [1.29, 1.82) is 0 Å². The molecular formula is C8H6F3NO2S. The fourth-order valence-electron chi connectivity index (χ4n) is 0.819. The maximum Gasteiger partial charge on any atom is 0.398 e. The van der Waals surface area contributed by atoms with Gasteiger partial charge in [-0.15, -0.1) is 0 Å². The molecule has 0 saturated heterocycles. The number of thioether (sulfide) groups is 1. The highest BCUT2D eigenvalue weighted by Gasteiger charge is 2.28. The minimum absolute atomic E-state index is 0.123. The van der Waals surface area contributed by atoms with Gasteiger partial charge in [0.1, 0.15) is 5.03 Å². The SMILES string of the molecule is O=C(O)c1cccnc1SCC(F)(F)F. The summed E-state index contributed by atoms with van der Waals surface area (Å²) in [4.78, 5) is 14.2. The van der Waals surface area contributed by atoms with Gasteiger partial charge < -0.3 is 5.11 Å². The summed E-state index contributed by atoms with van der Waals surface area (Å²) in [6.45, 7) is 0. The molecule has 0 fully saturated rings. The summed E-state index contributed by atoms with van der Waals surface area (Å²) in [7, 11) is 0. The maximum absolute atomic E-state index is 11.9. The average Bonchev–Trinajstić information content (AvgIpc) is 2.14. The lowest BCUT2D eigenvalue weighted by molar-refractivity contribution is -0.105. The topological polar surface area (TPSA) is 50.2 Å². The van der Waals surface area contributed by atoms with Gasteiger partial charge in [0.05, 0.1) is 11.3 Å². The molecule has 1 heterocycles. The molecule has 1 aromatic heterocycles. The van der Waals surface area contributed by atoms with E-state index in [1.807, 2.05) is 0 Å². The number of pyridine rings is 1. The monoisotopic (exact) mass is 237 g/mol. The Labute approximate surface area is 87.3 Å². The predicted molar refractivity (Wildman–Crippen MR) is 48.0 cm³/mol. The van der Waals surface area contributed by atoms with Gasteiger partial charge in [-0.05, 0) is 12.1 Å². The largest absolute Gasteiger partial charge is 0.478 e. The van der Waals surface area contributed by atoms with E-state index in [0.717, 1.165) is 0 Å². The van der Waals surface area contributed by atoms with Crippen molar-refractivity contribution in [2.75, 3.05) is 5.75 Å². The van der Waals surface area contributed by atoms with E-state index < -0.39 is 17.9 Å². The molecule has 82 valence electrons. The highest BCUT2D eigenvalue weighted by atomic mass is 32.2. The van der Waals surface area contributed by atoms with Crippen molar-refractivity contribution in [2.45, 2.75) is 11.2 Å². The van der Waals surface area contributed by atoms with Crippen LogP contribution in [-0.2, 0) is 0 Å². The number of carboxylic acid groups (broad SMARTS) is 1. The third kappa shape index (κ3) is 3.78. The van der Waals surface area contributed by atoms with Crippen molar-refractivity contribution in [1.82, 2.24) is 4.98 Å². The van der Waals surface area contributed by atoms with Gasteiger partial charge in [-0.25, -0.2) is 9.78 Å². The zero-order chi connectivity index (χ0) is 11.5. The highest BCUT2D eigenvalue weighted by Crippen LogP contribution is 2.27. The lowest BCUT2D eigenvalue weighted by atomic mass is 10.3. The van der Waals surface area contributed by atoms with Gasteiger partial charge >= 0.3 is 12.1 Å². The van der Waals surface area contributed by atoms with Crippen LogP contribution in [0.3, 0.4) is 0 Å². The molecule has 0 radical (unpaired) electrons. The first-order valence-electron chi connectivity index (χ1n) is 3.78. The van der Waals surface area contributed by atoms with Crippen molar-refractivity contribution >= 4 is 17.7 Å². The van der Waals surface area contributed by atoms with Crippen LogP contribution < -0.4 is 0 Å². The molecule has 0 amide bonds. The number of aromatic nitrogens is 1. The summed E-state index contributed by atoms with van der Waals surface area (Å²) in [6, 6.07) is 2.58. The molecule has 0 atom stereocenters. The van der Waals surface area contributed by atoms with Crippen molar-refractivity contribution in [3.8, 4) is 0 Å². The molecule has 0 spiro atoms. The van der Waals surface area contributed by atoms with Crippen LogP contribution in [0, 0.1) is 0 Å². The maximum atomic E-state index is 11.9. The van der Waals surface area contributed by atoms with Crippen LogP contribution >= 0.6 is 11.8 Å². The molecule has 1 aromatic rings. The summed E-state index contributed by atoms with van der Waals surface area (Å²) < 4.78 is 35.6. The Morgan fingerprint density at radius 2 is 2.20 bits per heavy atom. The number of carboxylic acids is 1. The van der Waals surface area contributed by atoms with E-state index >= 15 is 0 Å². The molecule has 3 nitrogen and oxygen atoms in total. The lowest BCUT2D eigenvalue weighted by Gasteiger charge is -2.06. The minimum atomic E-state index is -4.34. The predicted octanol–water partition coefficient (Wildman–Crippen LogP) is 2.43. The molecule has 0 aliphatic rings. The van der Waals surface area contributed by atoms with E-state index in [1.165, 1.54) is 18.3 Å². The van der Waals surface area contributed by atoms with Crippen molar-refractivity contribution in [3.63, 3.8) is 0 Å². The molecule has 0 aliphatic carbocycles. The van der Waals surface area contributed by atoms with Gasteiger partial charge in [-0.3, -0.25) is 0 Å². The van der Waals surface area contributed by atoms with E-state index in [-0.39, 0.29) is 10.6 Å². The van der Waals surface area contributed by atoms with Gasteiger partial charge in [0.25, 0.3) is 0 Å². The van der Waals surface area contributed by atoms with Gasteiger partial charge in [0.15, 0.2) is 0 Å². The Bertz CT molecular complexity index is 367. The summed E-state index contributed by atoms with van der Waals surface area (Å²) in [5.74, 6) is -2.43. The van der Waals surface area contributed by atoms with Crippen LogP contribution in [0.4, 0.5) is 13.2 Å². The molecule has 1 rings (SSSR count). The number of rotatable bonds is 3. The number of aromatic carboxylic acids is 1. The van der Waals surface area contributed by atoms with E-state index in [2.05, 4.69) is 4.98 Å². The van der Waals surface area contributed by atoms with Crippen LogP contribution in [0.5, 0.6) is 0 Å². The van der Waals surface area contributed by atoms with Crippen LogP contribution in [0.15, 0.2) is 23.4 Å². The highest BCUT2D eigenvalue weighted by molar-refractivity contribution is 7.99. The lowest BCUT2D eigenvalue weighted by Crippen LogP contribution is -2.11. The van der Waals surface area contributed by atoms with Crippen LogP contribution in [0.1, 0.15) is 10.4 Å². The number of hydrogen-bond acceptors (Lipinski definition) is 3. The fraction of sp³-hybridized carbons (Fsp3) is 0.250. The van der Waals surface area contributed by atoms with Crippen LogP contribution in [0.25, 0.3) is 0 Å². The van der Waals surface area contributed by atoms with Crippen LogP contribution in [-0.4, -0.2) is 28.0 Å². The average molecular weight is 237 g/mol. The third-order valence-corrected chi connectivity index (χ3v) is 2.44. The first kappa shape index (κ1) is 11.8. The number of nitrogens with zero attached hydrogens (tertiary/aromatic N) is 1. The Kier molecular flexibility index (Phi) is 3.57. The molecule has 7 heteroatoms. The van der Waals surface area contributed by atoms with Gasteiger partial charge in [0.2, 0.25) is 0 Å². The van der Waals surface area contributed by atoms with Crippen molar-refractivity contribution in [3.05, 3.63) is 23.9 Å². The Balaban J connectivity index is 2.81. The second-order valence-electron chi connectivity index (χ2n) is 2.57. The summed E-state index contributed by atoms with van der Waals surface area (Å²) in [6.07, 6.45) is -3.08. The molecule has 0 aliphatic heterocycles. The Hall–Kier alpha value is -1.24. The van der Waals surface area contributed by atoms with Gasteiger partial charge in [-0.2, -0.15) is 13.2 Å². The number of halogens is 3. The molecule has 0 aromatic carbocycles. The Morgan fingerprint density at radius 3 is 2.73 bits per heavy atom. The molecule has 0 bridgehead atoms. The second-order valence-corrected chi connectivity index (χ2v) is 3.53. The minimum Gasteiger partial charge on any atom is -0.478 e. The number of hydrogen-bond donors (Lipinski definition) is 1. The molecule has 0 saturated carbocycles. The van der Waals surface area contributed by atoms with E-state index in [0.29, 0.717) is 11.8 Å². The quantitative estimate of drug-likeness (QED) is 0.820. The van der Waals surface area contributed by atoms with Crippen molar-refractivity contribution < 1.29 is 23.1 Å². The molecule has 1 N–H and O–H groups in total. The summed E-state index contributed by atoms with van der Waals surface area (Å²) in [5.41, 5.74) is -0.216. The zero-order valence-corrected chi connectivity index (χ0v) is 8.10. The standard InChI is InChI=1S/C8H6F3NO2S/c9-8(10,11)4-15-6-5(7(13)14)2-1-3-12-6/h1-3H,4H2,(H,13,14). The molecular weight excluding hydrogens is 231 g/mol. The molecule has 0 unspecified atom stereocenters. The zero-order valence-electron chi connectivity index (χ0n) is 7.28. The normalized spacial score (nSPS) is 11.4. The van der Waals surface area contributed by atoms with Crippen molar-refractivity contribution in [2.24, 2.45) is 0 Å². The third-order valence-electron chi connectivity index (χ3n) is 1.37. The van der Waals surface area contributed by atoms with Gasteiger partial charge in [-0.1, -0.05) is 11.8 Å². The molecule has 15 heavy (non-hydrogen) atoms. The summed E-state index contributed by atoms with van der Waals surface area (Å²) >= 11 is 0.365. The number of carbonyl (C=O) groups is 1. The second kappa shape index (κ2) is 4.52.